The Bertz CT molecular complexity index is 1150. The van der Waals surface area contributed by atoms with Crippen molar-refractivity contribution in [3.63, 3.8) is 0 Å². The Kier molecular flexibility index (Phi) is 9.71. The first-order valence-electron chi connectivity index (χ1n) is 11.9. The average molecular weight is 504 g/mol. The van der Waals surface area contributed by atoms with E-state index in [-0.39, 0.29) is 30.4 Å². The molecule has 36 heavy (non-hydrogen) atoms. The molecule has 0 aliphatic rings. The molecular weight excluding hydrogens is 466 g/mol. The number of amides is 3. The second kappa shape index (κ2) is 12.1. The van der Waals surface area contributed by atoms with Crippen LogP contribution in [0.15, 0.2) is 23.0 Å². The normalized spacial score (nSPS) is 14.2. The highest BCUT2D eigenvalue weighted by molar-refractivity contribution is 5.92. The molecule has 0 unspecified atom stereocenters. The number of carbonyl (C=O) groups excluding carboxylic acids is 3. The van der Waals surface area contributed by atoms with Gasteiger partial charge in [-0.25, -0.2) is 10.5 Å². The Morgan fingerprint density at radius 1 is 1.14 bits per heavy atom. The van der Waals surface area contributed by atoms with Crippen LogP contribution < -0.4 is 21.7 Å². The number of rotatable bonds is 10. The van der Waals surface area contributed by atoms with Gasteiger partial charge in [-0.15, -0.1) is 0 Å². The number of aromatic nitrogens is 2. The monoisotopic (exact) mass is 503 g/mol. The van der Waals surface area contributed by atoms with Crippen molar-refractivity contribution in [3.8, 4) is 0 Å². The van der Waals surface area contributed by atoms with Crippen LogP contribution in [0.1, 0.15) is 52.4 Å². The van der Waals surface area contributed by atoms with Crippen LogP contribution in [0.3, 0.4) is 0 Å². The molecule has 5 N–H and O–H groups in total. The summed E-state index contributed by atoms with van der Waals surface area (Å²) in [4.78, 5) is 57.7. The summed E-state index contributed by atoms with van der Waals surface area (Å²) in [5, 5.41) is 15.1. The molecule has 2 aromatic rings. The fourth-order valence-electron chi connectivity index (χ4n) is 3.96. The zero-order valence-corrected chi connectivity index (χ0v) is 21.9. The van der Waals surface area contributed by atoms with Gasteiger partial charge in [0.25, 0.3) is 11.5 Å². The first-order valence-corrected chi connectivity index (χ1v) is 11.9. The third kappa shape index (κ3) is 7.34. The van der Waals surface area contributed by atoms with Crippen LogP contribution in [0.5, 0.6) is 0 Å². The summed E-state index contributed by atoms with van der Waals surface area (Å²) in [7, 11) is 1.48. The van der Waals surface area contributed by atoms with E-state index >= 15 is 0 Å². The van der Waals surface area contributed by atoms with E-state index in [0.717, 1.165) is 0 Å². The quantitative estimate of drug-likeness (QED) is 0.243. The number of H-pyrrole nitrogens is 1. The van der Waals surface area contributed by atoms with E-state index in [1.54, 1.807) is 30.6 Å². The molecule has 0 aliphatic carbocycles. The van der Waals surface area contributed by atoms with Crippen molar-refractivity contribution in [2.24, 2.45) is 17.3 Å². The Morgan fingerprint density at radius 3 is 2.36 bits per heavy atom. The molecule has 3 amide bonds. The van der Waals surface area contributed by atoms with Gasteiger partial charge < -0.3 is 20.4 Å². The fraction of sp³-hybridized carbons (Fsp3) is 0.560. The number of fused-ring (bicyclic) bond motifs is 1. The predicted octanol–water partition coefficient (Wildman–Crippen LogP) is 1.56. The number of aromatic amines is 1. The van der Waals surface area contributed by atoms with Crippen molar-refractivity contribution in [1.29, 1.82) is 0 Å². The number of aryl methyl sites for hydroxylation is 1. The van der Waals surface area contributed by atoms with Gasteiger partial charge in [0, 0.05) is 7.05 Å². The van der Waals surface area contributed by atoms with Gasteiger partial charge in [-0.3, -0.25) is 24.4 Å². The molecule has 11 nitrogen and oxygen atoms in total. The van der Waals surface area contributed by atoms with Gasteiger partial charge in [-0.05, 0) is 42.4 Å². The lowest BCUT2D eigenvalue weighted by Gasteiger charge is -2.33. The maximum absolute atomic E-state index is 13.4. The van der Waals surface area contributed by atoms with E-state index < -0.39 is 35.3 Å². The first kappa shape index (κ1) is 28.9. The van der Waals surface area contributed by atoms with Crippen molar-refractivity contribution in [2.45, 2.75) is 66.7 Å². The van der Waals surface area contributed by atoms with Crippen molar-refractivity contribution in [2.75, 3.05) is 7.05 Å². The van der Waals surface area contributed by atoms with E-state index in [1.165, 1.54) is 7.05 Å². The van der Waals surface area contributed by atoms with Gasteiger partial charge in [0.05, 0.1) is 23.4 Å². The Labute approximate surface area is 210 Å². The smallest absolute Gasteiger partial charge is 0.273 e. The first-order chi connectivity index (χ1) is 16.8. The lowest BCUT2D eigenvalue weighted by molar-refractivity contribution is -0.153. The minimum absolute atomic E-state index is 0.0000251. The molecule has 0 saturated carbocycles. The summed E-state index contributed by atoms with van der Waals surface area (Å²) in [5.74, 6) is -2.31. The number of hydrogen-bond acceptors (Lipinski definition) is 7. The lowest BCUT2D eigenvalue weighted by Crippen LogP contribution is -2.56. The molecule has 0 saturated heterocycles. The van der Waals surface area contributed by atoms with Crippen LogP contribution in [-0.2, 0) is 25.7 Å². The molecule has 1 aromatic carbocycles. The number of hydroxylamine groups is 1. The zero-order valence-electron chi connectivity index (χ0n) is 21.9. The van der Waals surface area contributed by atoms with Gasteiger partial charge in [-0.1, -0.05) is 40.7 Å². The summed E-state index contributed by atoms with van der Waals surface area (Å²) >= 11 is 0. The second-order valence-electron chi connectivity index (χ2n) is 10.4. The standard InChI is InChI=1S/C25H37N5O6/c1-13(2)10-17(22(32)29-20(24(34)26-7)25(4,5)6)19(23(33)30-35)36-12-15-8-9-18-16(11-15)21(31)28-14(3)27-18/h8-9,11,13,17,19-20,35H,10,12H2,1-7H3,(H,26,34)(H,29,32)(H,30,33)(H,27,28,31)/t17-,19+,20-/m1/s1. The molecule has 0 aliphatic heterocycles. The molecule has 0 bridgehead atoms. The lowest BCUT2D eigenvalue weighted by atomic mass is 9.84. The zero-order chi connectivity index (χ0) is 27.2. The van der Waals surface area contributed by atoms with Crippen LogP contribution in [-0.4, -0.2) is 52.1 Å². The van der Waals surface area contributed by atoms with Gasteiger partial charge in [0.1, 0.15) is 18.0 Å². The molecule has 198 valence electrons. The molecule has 0 radical (unpaired) electrons. The number of benzene rings is 1. The van der Waals surface area contributed by atoms with Gasteiger partial charge >= 0.3 is 0 Å². The molecule has 0 spiro atoms. The van der Waals surface area contributed by atoms with Crippen molar-refractivity contribution >= 4 is 28.6 Å². The molecule has 0 fully saturated rings. The van der Waals surface area contributed by atoms with Crippen molar-refractivity contribution in [1.82, 2.24) is 26.1 Å². The second-order valence-corrected chi connectivity index (χ2v) is 10.4. The Morgan fingerprint density at radius 2 is 1.81 bits per heavy atom. The maximum Gasteiger partial charge on any atom is 0.273 e. The van der Waals surface area contributed by atoms with E-state index in [1.807, 2.05) is 34.6 Å². The van der Waals surface area contributed by atoms with Crippen LogP contribution in [0, 0.1) is 24.2 Å². The minimum Gasteiger partial charge on any atom is -0.363 e. The SMILES string of the molecule is CNC(=O)[C@@H](NC(=O)[C@H](CC(C)C)[C@H](OCc1ccc2nc(C)[nH]c(=O)c2c1)C(=O)NO)C(C)(C)C. The van der Waals surface area contributed by atoms with Crippen LogP contribution in [0.2, 0.25) is 0 Å². The van der Waals surface area contributed by atoms with E-state index in [2.05, 4.69) is 20.6 Å². The van der Waals surface area contributed by atoms with Crippen LogP contribution >= 0.6 is 0 Å². The third-order valence-corrected chi connectivity index (χ3v) is 5.78. The molecule has 1 aromatic heterocycles. The number of hydrogen-bond donors (Lipinski definition) is 5. The van der Waals surface area contributed by atoms with Gasteiger partial charge in [-0.2, -0.15) is 0 Å². The topological polar surface area (TPSA) is 163 Å². The fourth-order valence-corrected chi connectivity index (χ4v) is 3.96. The molecule has 1 heterocycles. The van der Waals surface area contributed by atoms with E-state index in [9.17, 15) is 24.4 Å². The summed E-state index contributed by atoms with van der Waals surface area (Å²) in [6.45, 7) is 10.8. The largest absolute Gasteiger partial charge is 0.363 e. The average Bonchev–Trinajstić information content (AvgIpc) is 2.80. The van der Waals surface area contributed by atoms with Crippen molar-refractivity contribution < 1.29 is 24.3 Å². The van der Waals surface area contributed by atoms with Crippen LogP contribution in [0.25, 0.3) is 10.9 Å². The molecule has 3 atom stereocenters. The number of likely N-dealkylation sites (N-methyl/N-ethyl adjacent to an activating group) is 1. The molecular formula is C25H37N5O6. The van der Waals surface area contributed by atoms with E-state index in [0.29, 0.717) is 22.3 Å². The van der Waals surface area contributed by atoms with Crippen LogP contribution in [0.4, 0.5) is 0 Å². The Hall–Kier alpha value is -3.31. The van der Waals surface area contributed by atoms with Gasteiger partial charge in [0.15, 0.2) is 0 Å². The summed E-state index contributed by atoms with van der Waals surface area (Å²) in [5.41, 5.74) is 1.78. The van der Waals surface area contributed by atoms with Crippen molar-refractivity contribution in [3.05, 3.63) is 39.9 Å². The predicted molar refractivity (Wildman–Crippen MR) is 134 cm³/mol. The third-order valence-electron chi connectivity index (χ3n) is 5.78. The molecule has 2 rings (SSSR count). The van der Waals surface area contributed by atoms with E-state index in [4.69, 9.17) is 4.74 Å². The summed E-state index contributed by atoms with van der Waals surface area (Å²) in [6, 6.07) is 4.13. The molecule has 11 heteroatoms. The number of carbonyl (C=O) groups is 3. The highest BCUT2D eigenvalue weighted by atomic mass is 16.5. The number of ether oxygens (including phenoxy) is 1. The Balaban J connectivity index is 2.35. The highest BCUT2D eigenvalue weighted by Gasteiger charge is 2.39. The number of nitrogens with zero attached hydrogens (tertiary/aromatic N) is 1. The maximum atomic E-state index is 13.4. The highest BCUT2D eigenvalue weighted by Crippen LogP contribution is 2.24. The summed E-state index contributed by atoms with van der Waals surface area (Å²) in [6.07, 6.45) is -1.09. The van der Waals surface area contributed by atoms with Gasteiger partial charge in [0.2, 0.25) is 11.8 Å². The number of nitrogens with one attached hydrogen (secondary N) is 4. The minimum atomic E-state index is -1.35. The summed E-state index contributed by atoms with van der Waals surface area (Å²) < 4.78 is 5.87.